The van der Waals surface area contributed by atoms with Gasteiger partial charge in [-0.05, 0) is 47.9 Å². The van der Waals surface area contributed by atoms with Gasteiger partial charge in [-0.3, -0.25) is 9.20 Å². The number of nitriles is 1. The number of anilines is 2. The molecule has 148 valence electrons. The van der Waals surface area contributed by atoms with Crippen LogP contribution in [0.2, 0.25) is 0 Å². The second-order valence-corrected chi connectivity index (χ2v) is 6.63. The molecule has 0 bridgehead atoms. The van der Waals surface area contributed by atoms with Gasteiger partial charge in [0.1, 0.15) is 35.4 Å². The summed E-state index contributed by atoms with van der Waals surface area (Å²) in [5, 5.41) is 12.3. The highest BCUT2D eigenvalue weighted by atomic mass is 19.1. The number of nitrogens with zero attached hydrogens (tertiary/aromatic N) is 4. The molecule has 3 N–H and O–H groups in total. The van der Waals surface area contributed by atoms with Gasteiger partial charge in [0, 0.05) is 18.3 Å². The maximum atomic E-state index is 13.8. The largest absolute Gasteiger partial charge is 0.382 e. The number of benzene rings is 1. The second kappa shape index (κ2) is 8.01. The maximum absolute atomic E-state index is 13.8. The fraction of sp³-hybridized carbons (Fsp3) is 0.0909. The number of hydrogen-bond acceptors (Lipinski definition) is 6. The Balaban J connectivity index is 1.73. The lowest BCUT2D eigenvalue weighted by atomic mass is 9.98. The smallest absolute Gasteiger partial charge is 0.263 e. The molecular weight excluding hydrogens is 383 g/mol. The molecule has 0 radical (unpaired) electrons. The van der Waals surface area contributed by atoms with Gasteiger partial charge in [-0.25, -0.2) is 14.4 Å². The van der Waals surface area contributed by atoms with E-state index in [0.29, 0.717) is 29.9 Å². The molecule has 7 nitrogen and oxygen atoms in total. The molecular formula is C22H17FN6O. The molecule has 0 atom stereocenters. The zero-order valence-electron chi connectivity index (χ0n) is 15.8. The van der Waals surface area contributed by atoms with Crippen LogP contribution in [0.4, 0.5) is 16.0 Å². The van der Waals surface area contributed by atoms with Gasteiger partial charge in [0.05, 0.1) is 5.56 Å². The van der Waals surface area contributed by atoms with Gasteiger partial charge < -0.3 is 11.1 Å². The molecule has 0 unspecified atom stereocenters. The van der Waals surface area contributed by atoms with E-state index in [1.165, 1.54) is 22.9 Å². The van der Waals surface area contributed by atoms with Gasteiger partial charge in [0.25, 0.3) is 5.56 Å². The van der Waals surface area contributed by atoms with Crippen molar-refractivity contribution in [2.75, 3.05) is 17.6 Å². The van der Waals surface area contributed by atoms with Crippen molar-refractivity contribution in [3.63, 3.8) is 0 Å². The Morgan fingerprint density at radius 3 is 2.83 bits per heavy atom. The SMILES string of the molecule is N#Cc1c(N)ncnc1NCCc1cc2ccccn2c(=O)c1-c1cccc(F)c1. The number of nitrogens with two attached hydrogens (primary N) is 1. The monoisotopic (exact) mass is 400 g/mol. The highest BCUT2D eigenvalue weighted by Crippen LogP contribution is 2.23. The van der Waals surface area contributed by atoms with Crippen molar-refractivity contribution in [3.05, 3.63) is 88.4 Å². The normalized spacial score (nSPS) is 10.7. The number of rotatable bonds is 5. The van der Waals surface area contributed by atoms with Crippen molar-refractivity contribution in [1.29, 1.82) is 5.26 Å². The van der Waals surface area contributed by atoms with E-state index >= 15 is 0 Å². The Bertz CT molecular complexity index is 1340. The molecule has 1 aromatic carbocycles. The Morgan fingerprint density at radius 1 is 1.17 bits per heavy atom. The van der Waals surface area contributed by atoms with Gasteiger partial charge in [-0.2, -0.15) is 5.26 Å². The summed E-state index contributed by atoms with van der Waals surface area (Å²) in [4.78, 5) is 21.0. The average Bonchev–Trinajstić information content (AvgIpc) is 2.74. The van der Waals surface area contributed by atoms with Crippen molar-refractivity contribution in [2.45, 2.75) is 6.42 Å². The van der Waals surface area contributed by atoms with E-state index in [-0.39, 0.29) is 16.9 Å². The number of hydrogen-bond donors (Lipinski definition) is 2. The molecule has 30 heavy (non-hydrogen) atoms. The third-order valence-corrected chi connectivity index (χ3v) is 4.76. The van der Waals surface area contributed by atoms with Crippen LogP contribution in [0.5, 0.6) is 0 Å². The van der Waals surface area contributed by atoms with Crippen molar-refractivity contribution >= 4 is 17.2 Å². The molecule has 0 spiro atoms. The minimum atomic E-state index is -0.413. The van der Waals surface area contributed by atoms with E-state index in [2.05, 4.69) is 15.3 Å². The number of nitrogens with one attached hydrogen (secondary N) is 1. The summed E-state index contributed by atoms with van der Waals surface area (Å²) in [5.41, 5.74) is 8.10. The third-order valence-electron chi connectivity index (χ3n) is 4.76. The van der Waals surface area contributed by atoms with Gasteiger partial charge >= 0.3 is 0 Å². The number of nitrogen functional groups attached to an aromatic ring is 1. The van der Waals surface area contributed by atoms with E-state index < -0.39 is 5.82 Å². The number of halogens is 1. The molecule has 3 aromatic heterocycles. The molecule has 4 aromatic rings. The molecule has 0 aliphatic carbocycles. The topological polar surface area (TPSA) is 109 Å². The molecule has 8 heteroatoms. The quantitative estimate of drug-likeness (QED) is 0.533. The molecule has 3 heterocycles. The predicted octanol–water partition coefficient (Wildman–Crippen LogP) is 3.00. The number of fused-ring (bicyclic) bond motifs is 1. The zero-order chi connectivity index (χ0) is 21.1. The van der Waals surface area contributed by atoms with E-state index in [4.69, 9.17) is 5.73 Å². The van der Waals surface area contributed by atoms with Gasteiger partial charge in [0.2, 0.25) is 0 Å². The van der Waals surface area contributed by atoms with E-state index in [9.17, 15) is 14.4 Å². The van der Waals surface area contributed by atoms with Gasteiger partial charge in [-0.1, -0.05) is 18.2 Å². The third kappa shape index (κ3) is 3.56. The molecule has 0 fully saturated rings. The fourth-order valence-corrected chi connectivity index (χ4v) is 3.38. The Hall–Kier alpha value is -4.25. The van der Waals surface area contributed by atoms with E-state index in [0.717, 1.165) is 11.1 Å². The lowest BCUT2D eigenvalue weighted by molar-refractivity contribution is 0.628. The zero-order valence-corrected chi connectivity index (χ0v) is 15.8. The number of aromatic nitrogens is 3. The first-order valence-corrected chi connectivity index (χ1v) is 9.22. The first kappa shape index (κ1) is 19.1. The van der Waals surface area contributed by atoms with Gasteiger partial charge in [0.15, 0.2) is 0 Å². The molecule has 0 aliphatic heterocycles. The molecule has 0 saturated carbocycles. The molecule has 4 rings (SSSR count). The summed E-state index contributed by atoms with van der Waals surface area (Å²) in [6.07, 6.45) is 3.41. The van der Waals surface area contributed by atoms with Crippen LogP contribution >= 0.6 is 0 Å². The highest BCUT2D eigenvalue weighted by Gasteiger charge is 2.14. The van der Waals surface area contributed by atoms with Crippen molar-refractivity contribution < 1.29 is 4.39 Å². The molecule has 0 saturated heterocycles. The van der Waals surface area contributed by atoms with Crippen LogP contribution in [0, 0.1) is 17.1 Å². The second-order valence-electron chi connectivity index (χ2n) is 6.63. The van der Waals surface area contributed by atoms with Crippen LogP contribution in [0.3, 0.4) is 0 Å². The highest BCUT2D eigenvalue weighted by molar-refractivity contribution is 5.70. The number of pyridine rings is 2. The maximum Gasteiger partial charge on any atom is 0.263 e. The van der Waals surface area contributed by atoms with Crippen molar-refractivity contribution in [2.24, 2.45) is 0 Å². The lowest BCUT2D eigenvalue weighted by Gasteiger charge is -2.13. The average molecular weight is 400 g/mol. The van der Waals surface area contributed by atoms with Crippen LogP contribution in [-0.4, -0.2) is 20.9 Å². The minimum absolute atomic E-state index is 0.0967. The van der Waals surface area contributed by atoms with Crippen LogP contribution in [0.15, 0.2) is 65.8 Å². The predicted molar refractivity (Wildman–Crippen MR) is 112 cm³/mol. The van der Waals surface area contributed by atoms with E-state index in [1.54, 1.807) is 24.4 Å². The minimum Gasteiger partial charge on any atom is -0.382 e. The van der Waals surface area contributed by atoms with Crippen LogP contribution in [0.1, 0.15) is 11.1 Å². The van der Waals surface area contributed by atoms with E-state index in [1.807, 2.05) is 24.3 Å². The Morgan fingerprint density at radius 2 is 2.03 bits per heavy atom. The van der Waals surface area contributed by atoms with Crippen molar-refractivity contribution in [3.8, 4) is 17.2 Å². The van der Waals surface area contributed by atoms with Crippen LogP contribution in [-0.2, 0) is 6.42 Å². The summed E-state index contributed by atoms with van der Waals surface area (Å²) in [6, 6.07) is 15.3. The Labute approximate surface area is 171 Å². The van der Waals surface area contributed by atoms with Crippen LogP contribution in [0.25, 0.3) is 16.6 Å². The molecule has 0 amide bonds. The Kier molecular flexibility index (Phi) is 5.09. The summed E-state index contributed by atoms with van der Waals surface area (Å²) in [5.74, 6) is 0.0125. The first-order valence-electron chi connectivity index (χ1n) is 9.22. The summed E-state index contributed by atoms with van der Waals surface area (Å²) >= 11 is 0. The van der Waals surface area contributed by atoms with Gasteiger partial charge in [-0.15, -0.1) is 0 Å². The van der Waals surface area contributed by atoms with Crippen molar-refractivity contribution in [1.82, 2.24) is 14.4 Å². The van der Waals surface area contributed by atoms with Crippen LogP contribution < -0.4 is 16.6 Å². The first-order chi connectivity index (χ1) is 14.6. The summed E-state index contributed by atoms with van der Waals surface area (Å²) in [6.45, 7) is 0.385. The lowest BCUT2D eigenvalue weighted by Crippen LogP contribution is -2.19. The standard InChI is InChI=1S/C22H17FN6O/c23-16-5-3-4-14(10-16)19-15(11-17-6-1-2-9-29(17)22(19)30)7-8-26-21-18(12-24)20(25)27-13-28-21/h1-6,9-11,13H,7-8H2,(H3,25,26,27,28). The molecule has 0 aliphatic rings. The summed E-state index contributed by atoms with van der Waals surface area (Å²) in [7, 11) is 0. The summed E-state index contributed by atoms with van der Waals surface area (Å²) < 4.78 is 15.4. The fourth-order valence-electron chi connectivity index (χ4n) is 3.38.